The highest BCUT2D eigenvalue weighted by molar-refractivity contribution is 5.93. The van der Waals surface area contributed by atoms with E-state index in [1.807, 2.05) is 0 Å². The predicted molar refractivity (Wildman–Crippen MR) is 56.8 cm³/mol. The molecule has 0 saturated heterocycles. The lowest BCUT2D eigenvalue weighted by molar-refractivity contribution is 0.0597. The van der Waals surface area contributed by atoms with Crippen LogP contribution in [0.4, 0.5) is 0 Å². The van der Waals surface area contributed by atoms with Gasteiger partial charge >= 0.3 is 5.97 Å². The summed E-state index contributed by atoms with van der Waals surface area (Å²) in [7, 11) is 1.19. The molecule has 0 fully saturated rings. The lowest BCUT2D eigenvalue weighted by Crippen LogP contribution is -2.03. The minimum Gasteiger partial charge on any atom is -0.507 e. The summed E-state index contributed by atoms with van der Waals surface area (Å²) in [6.07, 6.45) is 1.49. The van der Waals surface area contributed by atoms with Crippen molar-refractivity contribution in [2.45, 2.75) is 0 Å². The number of methoxy groups -OCH3 is 1. The van der Waals surface area contributed by atoms with Gasteiger partial charge in [-0.25, -0.2) is 4.79 Å². The van der Waals surface area contributed by atoms with Crippen LogP contribution in [0.2, 0.25) is 0 Å². The highest BCUT2D eigenvalue weighted by atomic mass is 16.5. The molecule has 0 aliphatic carbocycles. The van der Waals surface area contributed by atoms with Gasteiger partial charge in [-0.2, -0.15) is 0 Å². The second-order valence-electron chi connectivity index (χ2n) is 2.93. The quantitative estimate of drug-likeness (QED) is 0.598. The highest BCUT2D eigenvalue weighted by Crippen LogP contribution is 2.33. The van der Waals surface area contributed by atoms with Gasteiger partial charge in [0.25, 0.3) is 0 Å². The van der Waals surface area contributed by atoms with Crippen LogP contribution < -0.4 is 4.74 Å². The Labute approximate surface area is 92.5 Å². The van der Waals surface area contributed by atoms with Crippen molar-refractivity contribution < 1.29 is 24.5 Å². The molecular formula is C11H12O5. The lowest BCUT2D eigenvalue weighted by Gasteiger charge is -2.09. The zero-order valence-corrected chi connectivity index (χ0v) is 8.77. The third kappa shape index (κ3) is 2.44. The maximum Gasteiger partial charge on any atom is 0.341 e. The molecule has 86 valence electrons. The molecule has 0 unspecified atom stereocenters. The summed E-state index contributed by atoms with van der Waals surface area (Å²) < 4.78 is 9.55. The largest absolute Gasteiger partial charge is 0.507 e. The van der Waals surface area contributed by atoms with E-state index in [1.165, 1.54) is 19.3 Å². The Bertz CT molecular complexity index is 411. The van der Waals surface area contributed by atoms with E-state index in [0.29, 0.717) is 0 Å². The average Bonchev–Trinajstić information content (AvgIpc) is 2.27. The topological polar surface area (TPSA) is 76.0 Å². The second-order valence-corrected chi connectivity index (χ2v) is 2.93. The number of phenolic OH excluding ortho intramolecular Hbond substituents is 2. The van der Waals surface area contributed by atoms with Crippen LogP contribution in [0.15, 0.2) is 24.8 Å². The number of aromatic hydroxyl groups is 2. The number of benzene rings is 1. The summed E-state index contributed by atoms with van der Waals surface area (Å²) in [6.45, 7) is 3.63. The SMILES string of the molecule is C=CCOc1cc(C(=O)OC)c(O)cc1O. The van der Waals surface area contributed by atoms with Crippen molar-refractivity contribution in [2.24, 2.45) is 0 Å². The van der Waals surface area contributed by atoms with Crippen molar-refractivity contribution in [1.82, 2.24) is 0 Å². The minimum absolute atomic E-state index is 0.0700. The van der Waals surface area contributed by atoms with Gasteiger partial charge in [-0.15, -0.1) is 0 Å². The molecule has 0 bridgehead atoms. The first-order chi connectivity index (χ1) is 7.60. The van der Waals surface area contributed by atoms with Crippen molar-refractivity contribution in [2.75, 3.05) is 13.7 Å². The Morgan fingerprint density at radius 2 is 2.12 bits per heavy atom. The van der Waals surface area contributed by atoms with Crippen LogP contribution in [0.1, 0.15) is 10.4 Å². The van der Waals surface area contributed by atoms with E-state index < -0.39 is 5.97 Å². The second kappa shape index (κ2) is 5.06. The molecular weight excluding hydrogens is 212 g/mol. The van der Waals surface area contributed by atoms with E-state index in [9.17, 15) is 15.0 Å². The van der Waals surface area contributed by atoms with Crippen LogP contribution in [-0.4, -0.2) is 29.9 Å². The van der Waals surface area contributed by atoms with E-state index >= 15 is 0 Å². The molecule has 0 amide bonds. The van der Waals surface area contributed by atoms with Crippen LogP contribution in [0.3, 0.4) is 0 Å². The van der Waals surface area contributed by atoms with Crippen molar-refractivity contribution >= 4 is 5.97 Å². The van der Waals surface area contributed by atoms with Crippen LogP contribution in [0.25, 0.3) is 0 Å². The van der Waals surface area contributed by atoms with Crippen molar-refractivity contribution in [3.63, 3.8) is 0 Å². The summed E-state index contributed by atoms with van der Waals surface area (Å²) in [5.41, 5.74) is -0.0700. The molecule has 1 rings (SSSR count). The number of ether oxygens (including phenoxy) is 2. The zero-order chi connectivity index (χ0) is 12.1. The smallest absolute Gasteiger partial charge is 0.341 e. The summed E-state index contributed by atoms with van der Waals surface area (Å²) >= 11 is 0. The van der Waals surface area contributed by atoms with E-state index in [2.05, 4.69) is 11.3 Å². The van der Waals surface area contributed by atoms with E-state index in [0.717, 1.165) is 6.07 Å². The molecule has 0 aliphatic heterocycles. The standard InChI is InChI=1S/C11H12O5/c1-3-4-16-10-5-7(11(14)15-2)8(12)6-9(10)13/h3,5-6,12-13H,1,4H2,2H3. The zero-order valence-electron chi connectivity index (χ0n) is 8.77. The van der Waals surface area contributed by atoms with Gasteiger partial charge in [0.05, 0.1) is 7.11 Å². The molecule has 0 aromatic heterocycles. The predicted octanol–water partition coefficient (Wildman–Crippen LogP) is 1.45. The van der Waals surface area contributed by atoms with E-state index in [-0.39, 0.29) is 29.4 Å². The van der Waals surface area contributed by atoms with Gasteiger partial charge in [0.2, 0.25) is 0 Å². The number of esters is 1. The average molecular weight is 224 g/mol. The number of phenols is 2. The molecule has 0 saturated carbocycles. The minimum atomic E-state index is -0.707. The summed E-state index contributed by atoms with van der Waals surface area (Å²) in [6, 6.07) is 2.23. The van der Waals surface area contributed by atoms with Gasteiger partial charge < -0.3 is 19.7 Å². The molecule has 5 heteroatoms. The number of hydrogen-bond donors (Lipinski definition) is 2. The first kappa shape index (κ1) is 11.9. The fraction of sp³-hybridized carbons (Fsp3) is 0.182. The molecule has 16 heavy (non-hydrogen) atoms. The van der Waals surface area contributed by atoms with E-state index in [1.54, 1.807) is 0 Å². The molecule has 2 N–H and O–H groups in total. The molecule has 5 nitrogen and oxygen atoms in total. The summed E-state index contributed by atoms with van der Waals surface area (Å²) in [5.74, 6) is -1.25. The number of rotatable bonds is 4. The van der Waals surface area contributed by atoms with Crippen LogP contribution in [0, 0.1) is 0 Å². The number of hydrogen-bond acceptors (Lipinski definition) is 5. The highest BCUT2D eigenvalue weighted by Gasteiger charge is 2.16. The molecule has 0 radical (unpaired) electrons. The maximum atomic E-state index is 11.2. The third-order valence-corrected chi connectivity index (χ3v) is 1.84. The van der Waals surface area contributed by atoms with Crippen molar-refractivity contribution in [3.8, 4) is 17.2 Å². The monoisotopic (exact) mass is 224 g/mol. The summed E-state index contributed by atoms with van der Waals surface area (Å²) in [4.78, 5) is 11.2. The Hall–Kier alpha value is -2.17. The van der Waals surface area contributed by atoms with Crippen LogP contribution in [-0.2, 0) is 4.74 Å². The van der Waals surface area contributed by atoms with Gasteiger partial charge in [-0.05, 0) is 0 Å². The molecule has 0 aliphatic rings. The van der Waals surface area contributed by atoms with E-state index in [4.69, 9.17) is 4.74 Å². The maximum absolute atomic E-state index is 11.2. The Kier molecular flexibility index (Phi) is 3.77. The van der Waals surface area contributed by atoms with Gasteiger partial charge in [-0.1, -0.05) is 12.7 Å². The van der Waals surface area contributed by atoms with Crippen LogP contribution >= 0.6 is 0 Å². The van der Waals surface area contributed by atoms with Gasteiger partial charge in [0.15, 0.2) is 11.5 Å². The molecule has 0 heterocycles. The van der Waals surface area contributed by atoms with Crippen molar-refractivity contribution in [3.05, 3.63) is 30.4 Å². The molecule has 1 aromatic carbocycles. The third-order valence-electron chi connectivity index (χ3n) is 1.84. The van der Waals surface area contributed by atoms with Gasteiger partial charge in [0.1, 0.15) is 17.9 Å². The normalized spacial score (nSPS) is 9.56. The Balaban J connectivity index is 3.10. The number of carbonyl (C=O) groups excluding carboxylic acids is 1. The van der Waals surface area contributed by atoms with Gasteiger partial charge in [0, 0.05) is 12.1 Å². The molecule has 0 atom stereocenters. The van der Waals surface area contributed by atoms with Crippen molar-refractivity contribution in [1.29, 1.82) is 0 Å². The number of carbonyl (C=O) groups is 1. The molecule has 0 spiro atoms. The van der Waals surface area contributed by atoms with Crippen LogP contribution in [0.5, 0.6) is 17.2 Å². The Morgan fingerprint density at radius 3 is 2.69 bits per heavy atom. The first-order valence-corrected chi connectivity index (χ1v) is 4.48. The summed E-state index contributed by atoms with van der Waals surface area (Å²) in [5, 5.41) is 18.8. The first-order valence-electron chi connectivity index (χ1n) is 4.48. The van der Waals surface area contributed by atoms with Gasteiger partial charge in [-0.3, -0.25) is 0 Å². The lowest BCUT2D eigenvalue weighted by atomic mass is 10.2. The Morgan fingerprint density at radius 1 is 1.44 bits per heavy atom. The fourth-order valence-electron chi connectivity index (χ4n) is 1.10. The fourth-order valence-corrected chi connectivity index (χ4v) is 1.10. The molecule has 1 aromatic rings.